The van der Waals surface area contributed by atoms with Crippen LogP contribution in [0.2, 0.25) is 0 Å². The van der Waals surface area contributed by atoms with Gasteiger partial charge in [0.15, 0.2) is 0 Å². The van der Waals surface area contributed by atoms with Gasteiger partial charge >= 0.3 is 12.0 Å². The number of hydrogen-bond donors (Lipinski definition) is 2. The van der Waals surface area contributed by atoms with Crippen LogP contribution >= 0.6 is 0 Å². The minimum atomic E-state index is -0.846. The van der Waals surface area contributed by atoms with E-state index in [4.69, 9.17) is 4.74 Å². The van der Waals surface area contributed by atoms with E-state index in [0.717, 1.165) is 17.8 Å². The minimum Gasteiger partial charge on any atom is -0.467 e. The van der Waals surface area contributed by atoms with Gasteiger partial charge in [0.05, 0.1) is 19.1 Å². The molecule has 1 aliphatic heterocycles. The van der Waals surface area contributed by atoms with Crippen LogP contribution < -0.4 is 5.32 Å². The van der Waals surface area contributed by atoms with Gasteiger partial charge in [-0.25, -0.2) is 23.4 Å². The second-order valence-electron chi connectivity index (χ2n) is 7.11. The molecule has 2 aromatic rings. The Labute approximate surface area is 167 Å². The van der Waals surface area contributed by atoms with Crippen molar-refractivity contribution in [1.82, 2.24) is 20.2 Å². The number of methoxy groups -OCH3 is 1. The first-order chi connectivity index (χ1) is 13.9. The van der Waals surface area contributed by atoms with Crippen LogP contribution in [0.4, 0.5) is 13.6 Å². The molecular formula is C20H24F2N4O3. The van der Waals surface area contributed by atoms with Crippen molar-refractivity contribution >= 4 is 12.0 Å². The fourth-order valence-electron chi connectivity index (χ4n) is 3.55. The third-order valence-corrected chi connectivity index (χ3v) is 5.39. The normalized spacial score (nSPS) is 18.0. The summed E-state index contributed by atoms with van der Waals surface area (Å²) in [5.41, 5.74) is 1.41. The summed E-state index contributed by atoms with van der Waals surface area (Å²) in [6, 6.07) is 1.01. The van der Waals surface area contributed by atoms with Gasteiger partial charge in [-0.2, -0.15) is 0 Å². The molecule has 1 aromatic carbocycles. The molecule has 0 saturated carbocycles. The lowest BCUT2D eigenvalue weighted by molar-refractivity contribution is -0.144. The van der Waals surface area contributed by atoms with E-state index in [1.165, 1.54) is 24.4 Å². The number of halogens is 2. The molecule has 2 N–H and O–H groups in total. The van der Waals surface area contributed by atoms with Crippen molar-refractivity contribution in [1.29, 1.82) is 0 Å². The molecule has 0 unspecified atom stereocenters. The topological polar surface area (TPSA) is 87.3 Å². The van der Waals surface area contributed by atoms with Crippen molar-refractivity contribution in [3.05, 3.63) is 53.1 Å². The average Bonchev–Trinajstić information content (AvgIpc) is 3.19. The number of esters is 1. The van der Waals surface area contributed by atoms with Gasteiger partial charge in [0.2, 0.25) is 0 Å². The molecule has 29 heavy (non-hydrogen) atoms. The van der Waals surface area contributed by atoms with Gasteiger partial charge in [-0.05, 0) is 12.0 Å². The average molecular weight is 406 g/mol. The summed E-state index contributed by atoms with van der Waals surface area (Å²) < 4.78 is 32.8. The Hall–Kier alpha value is -2.97. The van der Waals surface area contributed by atoms with E-state index in [0.29, 0.717) is 18.5 Å². The number of imidazole rings is 1. The summed E-state index contributed by atoms with van der Waals surface area (Å²) in [6.07, 6.45) is 2.63. The number of urea groups is 1. The molecule has 0 radical (unpaired) electrons. The van der Waals surface area contributed by atoms with Gasteiger partial charge in [-0.15, -0.1) is 0 Å². The molecule has 2 heterocycles. The van der Waals surface area contributed by atoms with Gasteiger partial charge < -0.3 is 19.9 Å². The highest BCUT2D eigenvalue weighted by Crippen LogP contribution is 2.35. The number of carbonyl (C=O) groups is 2. The Morgan fingerprint density at radius 2 is 2.17 bits per heavy atom. The summed E-state index contributed by atoms with van der Waals surface area (Å²) >= 11 is 0. The van der Waals surface area contributed by atoms with E-state index >= 15 is 0 Å². The largest absolute Gasteiger partial charge is 0.467 e. The molecule has 0 bridgehead atoms. The maximum Gasteiger partial charge on any atom is 0.328 e. The lowest BCUT2D eigenvalue weighted by atomic mass is 9.95. The molecule has 9 heteroatoms. The number of carbonyl (C=O) groups excluding carboxylic acids is 2. The van der Waals surface area contributed by atoms with E-state index in [1.807, 2.05) is 13.8 Å². The van der Waals surface area contributed by atoms with Gasteiger partial charge in [-0.1, -0.05) is 26.3 Å². The second-order valence-corrected chi connectivity index (χ2v) is 7.11. The molecule has 0 aliphatic carbocycles. The fourth-order valence-corrected chi connectivity index (χ4v) is 3.55. The quantitative estimate of drug-likeness (QED) is 0.748. The smallest absolute Gasteiger partial charge is 0.328 e. The first-order valence-electron chi connectivity index (χ1n) is 9.49. The van der Waals surface area contributed by atoms with Crippen molar-refractivity contribution in [2.24, 2.45) is 5.92 Å². The van der Waals surface area contributed by atoms with Crippen molar-refractivity contribution in [2.45, 2.75) is 38.8 Å². The zero-order chi connectivity index (χ0) is 21.1. The van der Waals surface area contributed by atoms with E-state index in [1.54, 1.807) is 0 Å². The number of rotatable bonds is 5. The van der Waals surface area contributed by atoms with Crippen LogP contribution in [-0.2, 0) is 16.0 Å². The van der Waals surface area contributed by atoms with Crippen LogP contribution in [0, 0.1) is 17.6 Å². The fraction of sp³-hybridized carbons (Fsp3) is 0.450. The SMILES string of the molecule is CC[C@@H](C)[C@H](NC(=O)N1CCc2[nH]cnc2[C@@H]1c1ccc(F)cc1F)C(=O)OC. The predicted octanol–water partition coefficient (Wildman–Crippen LogP) is 2.93. The first-order valence-corrected chi connectivity index (χ1v) is 9.49. The first kappa shape index (κ1) is 20.8. The van der Waals surface area contributed by atoms with E-state index < -0.39 is 35.7 Å². The Morgan fingerprint density at radius 3 is 2.83 bits per heavy atom. The van der Waals surface area contributed by atoms with Crippen LogP contribution in [0.1, 0.15) is 43.3 Å². The van der Waals surface area contributed by atoms with Gasteiger partial charge in [0.1, 0.15) is 23.7 Å². The van der Waals surface area contributed by atoms with Crippen LogP contribution in [-0.4, -0.2) is 46.6 Å². The lowest BCUT2D eigenvalue weighted by Crippen LogP contribution is -2.53. The predicted molar refractivity (Wildman–Crippen MR) is 101 cm³/mol. The molecular weight excluding hydrogens is 382 g/mol. The van der Waals surface area contributed by atoms with Crippen molar-refractivity contribution < 1.29 is 23.1 Å². The molecule has 7 nitrogen and oxygen atoms in total. The van der Waals surface area contributed by atoms with Crippen molar-refractivity contribution in [3.63, 3.8) is 0 Å². The monoisotopic (exact) mass is 406 g/mol. The molecule has 0 spiro atoms. The number of ether oxygens (including phenoxy) is 1. The van der Waals surface area contributed by atoms with E-state index in [9.17, 15) is 18.4 Å². The third kappa shape index (κ3) is 4.08. The Balaban J connectivity index is 1.96. The number of benzene rings is 1. The number of aromatic amines is 1. The highest BCUT2D eigenvalue weighted by atomic mass is 19.1. The molecule has 1 aliphatic rings. The number of fused-ring (bicyclic) bond motifs is 1. The highest BCUT2D eigenvalue weighted by Gasteiger charge is 2.38. The minimum absolute atomic E-state index is 0.132. The molecule has 0 fully saturated rings. The van der Waals surface area contributed by atoms with Crippen molar-refractivity contribution in [2.75, 3.05) is 13.7 Å². The molecule has 3 rings (SSSR count). The molecule has 1 aromatic heterocycles. The molecule has 3 atom stereocenters. The van der Waals surface area contributed by atoms with Crippen LogP contribution in [0.5, 0.6) is 0 Å². The van der Waals surface area contributed by atoms with Gasteiger partial charge in [0, 0.05) is 30.3 Å². The summed E-state index contributed by atoms with van der Waals surface area (Å²) in [5, 5.41) is 2.72. The number of H-pyrrole nitrogens is 1. The summed E-state index contributed by atoms with van der Waals surface area (Å²) in [5.74, 6) is -2.18. The summed E-state index contributed by atoms with van der Waals surface area (Å²) in [6.45, 7) is 4.01. The Morgan fingerprint density at radius 1 is 1.41 bits per heavy atom. The third-order valence-electron chi connectivity index (χ3n) is 5.39. The second kappa shape index (κ2) is 8.59. The van der Waals surface area contributed by atoms with Crippen molar-refractivity contribution in [3.8, 4) is 0 Å². The van der Waals surface area contributed by atoms with Crippen LogP contribution in [0.25, 0.3) is 0 Å². The van der Waals surface area contributed by atoms with Crippen LogP contribution in [0.3, 0.4) is 0 Å². The highest BCUT2D eigenvalue weighted by molar-refractivity contribution is 5.84. The maximum atomic E-state index is 14.6. The lowest BCUT2D eigenvalue weighted by Gasteiger charge is -2.36. The van der Waals surface area contributed by atoms with E-state index in [-0.39, 0.29) is 18.0 Å². The molecule has 2 amide bonds. The molecule has 156 valence electrons. The number of amides is 2. The summed E-state index contributed by atoms with van der Waals surface area (Å²) in [4.78, 5) is 34.0. The number of nitrogens with one attached hydrogen (secondary N) is 2. The zero-order valence-electron chi connectivity index (χ0n) is 16.5. The van der Waals surface area contributed by atoms with Gasteiger partial charge in [-0.3, -0.25) is 0 Å². The standard InChI is InChI=1S/C20H24F2N4O3/c1-4-11(2)16(19(27)29-3)25-20(28)26-8-7-15-17(24-10-23-15)18(26)13-6-5-12(21)9-14(13)22/h5-6,9-11,16,18H,4,7-8H2,1-3H3,(H,23,24)(H,25,28)/t11-,16+,18+/m1/s1. The number of nitrogens with zero attached hydrogens (tertiary/aromatic N) is 2. The number of aromatic nitrogens is 2. The van der Waals surface area contributed by atoms with Crippen LogP contribution in [0.15, 0.2) is 24.5 Å². The summed E-state index contributed by atoms with van der Waals surface area (Å²) in [7, 11) is 1.26. The Kier molecular flexibility index (Phi) is 6.14. The molecule has 0 saturated heterocycles. The van der Waals surface area contributed by atoms with Gasteiger partial charge in [0.25, 0.3) is 0 Å². The maximum absolute atomic E-state index is 14.6. The zero-order valence-corrected chi connectivity index (χ0v) is 16.5. The Bertz CT molecular complexity index is 902. The number of hydrogen-bond acceptors (Lipinski definition) is 4. The van der Waals surface area contributed by atoms with E-state index in [2.05, 4.69) is 15.3 Å².